The van der Waals surface area contributed by atoms with Crippen molar-refractivity contribution in [1.82, 2.24) is 4.90 Å². The number of benzene rings is 2. The number of carbonyl (C=O) groups excluding carboxylic acids is 4. The Kier molecular flexibility index (Phi) is 5.98. The lowest BCUT2D eigenvalue weighted by atomic mass is 9.94. The maximum absolute atomic E-state index is 13.2. The van der Waals surface area contributed by atoms with E-state index >= 15 is 0 Å². The Morgan fingerprint density at radius 1 is 0.938 bits per heavy atom. The molecule has 0 saturated heterocycles. The molecule has 1 fully saturated rings. The summed E-state index contributed by atoms with van der Waals surface area (Å²) < 4.78 is 31.1. The maximum atomic E-state index is 13.2. The molecule has 1 heterocycles. The zero-order chi connectivity index (χ0) is 22.8. The number of anilines is 1. The van der Waals surface area contributed by atoms with Crippen LogP contribution in [0.4, 0.5) is 14.5 Å². The minimum absolute atomic E-state index is 0.00870. The molecule has 1 N–H and O–H groups in total. The summed E-state index contributed by atoms with van der Waals surface area (Å²) in [5.74, 6) is -4.57. The molecule has 9 heteroatoms. The van der Waals surface area contributed by atoms with Gasteiger partial charge in [0.25, 0.3) is 17.7 Å². The topological polar surface area (TPSA) is 92.8 Å². The van der Waals surface area contributed by atoms with Crippen LogP contribution in [-0.4, -0.2) is 41.2 Å². The first-order chi connectivity index (χ1) is 15.3. The number of halogens is 2. The fraction of sp³-hybridized carbons (Fsp3) is 0.304. The zero-order valence-corrected chi connectivity index (χ0v) is 17.0. The van der Waals surface area contributed by atoms with Crippen molar-refractivity contribution in [1.29, 1.82) is 0 Å². The molecule has 0 unspecified atom stereocenters. The quantitative estimate of drug-likeness (QED) is 0.563. The normalized spacial score (nSPS) is 16.1. The third kappa shape index (κ3) is 4.23. The molecule has 1 saturated carbocycles. The van der Waals surface area contributed by atoms with E-state index in [2.05, 4.69) is 5.32 Å². The van der Waals surface area contributed by atoms with Crippen molar-refractivity contribution in [2.75, 3.05) is 11.9 Å². The summed E-state index contributed by atoms with van der Waals surface area (Å²) in [7, 11) is 0. The highest BCUT2D eigenvalue weighted by molar-refractivity contribution is 6.22. The molecular formula is C23H20F2N2O5. The van der Waals surface area contributed by atoms with E-state index in [4.69, 9.17) is 4.74 Å². The first kappa shape index (κ1) is 21.6. The van der Waals surface area contributed by atoms with Crippen LogP contribution in [0.25, 0.3) is 0 Å². The van der Waals surface area contributed by atoms with Gasteiger partial charge in [-0.3, -0.25) is 19.3 Å². The van der Waals surface area contributed by atoms with Gasteiger partial charge in [-0.15, -0.1) is 0 Å². The van der Waals surface area contributed by atoms with Crippen molar-refractivity contribution < 1.29 is 32.7 Å². The molecule has 32 heavy (non-hydrogen) atoms. The van der Waals surface area contributed by atoms with Crippen LogP contribution < -0.4 is 5.32 Å². The van der Waals surface area contributed by atoms with Gasteiger partial charge < -0.3 is 10.1 Å². The van der Waals surface area contributed by atoms with Crippen molar-refractivity contribution in [2.45, 2.75) is 38.1 Å². The van der Waals surface area contributed by atoms with Gasteiger partial charge in [-0.2, -0.15) is 0 Å². The molecular weight excluding hydrogens is 422 g/mol. The molecule has 2 aliphatic rings. The van der Waals surface area contributed by atoms with Crippen LogP contribution in [0, 0.1) is 11.6 Å². The minimum Gasteiger partial charge on any atom is -0.452 e. The first-order valence-corrected chi connectivity index (χ1v) is 10.3. The van der Waals surface area contributed by atoms with E-state index in [1.165, 1.54) is 29.2 Å². The molecule has 0 aromatic heterocycles. The molecule has 0 spiro atoms. The van der Waals surface area contributed by atoms with Gasteiger partial charge in [-0.05, 0) is 43.2 Å². The third-order valence-electron chi connectivity index (χ3n) is 5.63. The summed E-state index contributed by atoms with van der Waals surface area (Å²) in [5, 5.41) is 2.29. The molecule has 1 aliphatic heterocycles. The van der Waals surface area contributed by atoms with Gasteiger partial charge in [0, 0.05) is 17.8 Å². The first-order valence-electron chi connectivity index (χ1n) is 10.3. The molecule has 0 radical (unpaired) electrons. The Bertz CT molecular complexity index is 1110. The number of rotatable bonds is 5. The number of nitrogens with zero attached hydrogens (tertiary/aromatic N) is 1. The second-order valence-electron chi connectivity index (χ2n) is 7.79. The number of hydrogen-bond acceptors (Lipinski definition) is 5. The highest BCUT2D eigenvalue weighted by Crippen LogP contribution is 2.31. The fourth-order valence-corrected chi connectivity index (χ4v) is 4.04. The number of nitrogens with one attached hydrogen (secondary N) is 1. The molecule has 7 nitrogen and oxygen atoms in total. The lowest BCUT2D eigenvalue weighted by Gasteiger charge is -2.29. The standard InChI is InChI=1S/C23H20F2N2O5/c24-18-9-7-14(11-19(18)25)26-20(28)12-32-23(31)13-6-8-16-17(10-13)22(30)27(21(16)29)15-4-2-1-3-5-15/h6-11,15H,1-5,12H2,(H,26,28). The number of ether oxygens (including phenoxy) is 1. The fourth-order valence-electron chi connectivity index (χ4n) is 4.04. The maximum Gasteiger partial charge on any atom is 0.338 e. The predicted molar refractivity (Wildman–Crippen MR) is 109 cm³/mol. The number of imide groups is 1. The monoisotopic (exact) mass is 442 g/mol. The van der Waals surface area contributed by atoms with Crippen LogP contribution in [0.3, 0.4) is 0 Å². The average Bonchev–Trinajstić information content (AvgIpc) is 3.04. The van der Waals surface area contributed by atoms with Crippen molar-refractivity contribution in [3.8, 4) is 0 Å². The van der Waals surface area contributed by atoms with Gasteiger partial charge in [0.2, 0.25) is 0 Å². The molecule has 3 amide bonds. The number of amides is 3. The summed E-state index contributed by atoms with van der Waals surface area (Å²) >= 11 is 0. The van der Waals surface area contributed by atoms with E-state index in [1.807, 2.05) is 0 Å². The Labute approximate surface area is 182 Å². The molecule has 0 atom stereocenters. The molecule has 1 aliphatic carbocycles. The third-order valence-corrected chi connectivity index (χ3v) is 5.63. The Balaban J connectivity index is 1.40. The van der Waals surface area contributed by atoms with E-state index in [1.54, 1.807) is 0 Å². The van der Waals surface area contributed by atoms with Crippen LogP contribution in [-0.2, 0) is 9.53 Å². The smallest absolute Gasteiger partial charge is 0.338 e. The molecule has 4 rings (SSSR count). The highest BCUT2D eigenvalue weighted by Gasteiger charge is 2.40. The molecule has 2 aromatic rings. The van der Waals surface area contributed by atoms with Gasteiger partial charge >= 0.3 is 5.97 Å². The lowest BCUT2D eigenvalue weighted by Crippen LogP contribution is -2.40. The van der Waals surface area contributed by atoms with E-state index in [0.717, 1.165) is 44.2 Å². The SMILES string of the molecule is O=C(COC(=O)c1ccc2c(c1)C(=O)N(C1CCCCC1)C2=O)Nc1ccc(F)c(F)c1. The predicted octanol–water partition coefficient (Wildman–Crippen LogP) is 3.69. The van der Waals surface area contributed by atoms with Gasteiger partial charge in [-0.25, -0.2) is 13.6 Å². The molecule has 166 valence electrons. The largest absolute Gasteiger partial charge is 0.452 e. The molecule has 2 aromatic carbocycles. The second kappa shape index (κ2) is 8.86. The van der Waals surface area contributed by atoms with Gasteiger partial charge in [0.15, 0.2) is 18.2 Å². The van der Waals surface area contributed by atoms with Crippen LogP contribution in [0.5, 0.6) is 0 Å². The number of fused-ring (bicyclic) bond motifs is 1. The second-order valence-corrected chi connectivity index (χ2v) is 7.79. The van der Waals surface area contributed by atoms with Crippen molar-refractivity contribution >= 4 is 29.4 Å². The van der Waals surface area contributed by atoms with Crippen molar-refractivity contribution in [3.63, 3.8) is 0 Å². The Morgan fingerprint density at radius 3 is 2.38 bits per heavy atom. The average molecular weight is 442 g/mol. The van der Waals surface area contributed by atoms with E-state index < -0.39 is 36.0 Å². The van der Waals surface area contributed by atoms with Crippen molar-refractivity contribution in [2.24, 2.45) is 0 Å². The van der Waals surface area contributed by atoms with E-state index in [9.17, 15) is 28.0 Å². The summed E-state index contributed by atoms with van der Waals surface area (Å²) in [5.41, 5.74) is 0.417. The van der Waals surface area contributed by atoms with E-state index in [-0.39, 0.29) is 34.3 Å². The number of carbonyl (C=O) groups is 4. The van der Waals surface area contributed by atoms with Gasteiger partial charge in [0.1, 0.15) is 0 Å². The summed E-state index contributed by atoms with van der Waals surface area (Å²) in [6.07, 6.45) is 4.55. The molecule has 0 bridgehead atoms. The summed E-state index contributed by atoms with van der Waals surface area (Å²) in [4.78, 5) is 51.1. The summed E-state index contributed by atoms with van der Waals surface area (Å²) in [6, 6.07) is 6.77. The highest BCUT2D eigenvalue weighted by atomic mass is 19.2. The number of esters is 1. The van der Waals surface area contributed by atoms with Gasteiger partial charge in [-0.1, -0.05) is 19.3 Å². The summed E-state index contributed by atoms with van der Waals surface area (Å²) in [6.45, 7) is -0.671. The van der Waals surface area contributed by atoms with Crippen LogP contribution in [0.2, 0.25) is 0 Å². The van der Waals surface area contributed by atoms with Crippen LogP contribution >= 0.6 is 0 Å². The van der Waals surface area contributed by atoms with Crippen LogP contribution in [0.1, 0.15) is 63.2 Å². The van der Waals surface area contributed by atoms with Gasteiger partial charge in [0.05, 0.1) is 16.7 Å². The Hall–Kier alpha value is -3.62. The zero-order valence-electron chi connectivity index (χ0n) is 17.0. The minimum atomic E-state index is -1.13. The van der Waals surface area contributed by atoms with Crippen molar-refractivity contribution in [3.05, 3.63) is 64.7 Å². The Morgan fingerprint density at radius 2 is 1.66 bits per heavy atom. The van der Waals surface area contributed by atoms with Crippen LogP contribution in [0.15, 0.2) is 36.4 Å². The number of hydrogen-bond donors (Lipinski definition) is 1. The van der Waals surface area contributed by atoms with E-state index in [0.29, 0.717) is 0 Å². The lowest BCUT2D eigenvalue weighted by molar-refractivity contribution is -0.119.